The number of aromatic nitrogens is 2. The standard InChI is InChI=1S/C15H12ClN3O/c16-12-7-3-1-5-10(12)9-14-18-15(19-20-14)11-6-2-4-8-13(11)17/h1-8H,9,17H2. The molecule has 1 aromatic heterocycles. The molecule has 3 aromatic rings. The van der Waals surface area contributed by atoms with E-state index in [4.69, 9.17) is 21.9 Å². The number of nitrogens with zero attached hydrogens (tertiary/aromatic N) is 2. The minimum atomic E-state index is 0.491. The van der Waals surface area contributed by atoms with E-state index in [2.05, 4.69) is 10.1 Å². The van der Waals surface area contributed by atoms with Gasteiger partial charge in [-0.05, 0) is 23.8 Å². The van der Waals surface area contributed by atoms with Crippen molar-refractivity contribution < 1.29 is 4.52 Å². The maximum atomic E-state index is 6.11. The third kappa shape index (κ3) is 2.51. The van der Waals surface area contributed by atoms with Crippen molar-refractivity contribution in [2.75, 3.05) is 5.73 Å². The van der Waals surface area contributed by atoms with Crippen LogP contribution in [0.3, 0.4) is 0 Å². The third-order valence-electron chi connectivity index (χ3n) is 2.97. The number of hydrogen-bond acceptors (Lipinski definition) is 4. The number of nitrogen functional groups attached to an aromatic ring is 1. The van der Waals surface area contributed by atoms with E-state index in [1.807, 2.05) is 42.5 Å². The summed E-state index contributed by atoms with van der Waals surface area (Å²) in [5.74, 6) is 1.00. The summed E-state index contributed by atoms with van der Waals surface area (Å²) in [5, 5.41) is 4.65. The maximum Gasteiger partial charge on any atom is 0.231 e. The van der Waals surface area contributed by atoms with Crippen LogP contribution in [0.4, 0.5) is 5.69 Å². The first-order valence-electron chi connectivity index (χ1n) is 6.15. The van der Waals surface area contributed by atoms with Gasteiger partial charge in [-0.3, -0.25) is 0 Å². The Morgan fingerprint density at radius 3 is 2.60 bits per heavy atom. The molecule has 4 nitrogen and oxygen atoms in total. The second-order valence-electron chi connectivity index (χ2n) is 4.37. The van der Waals surface area contributed by atoms with Crippen molar-refractivity contribution in [2.45, 2.75) is 6.42 Å². The van der Waals surface area contributed by atoms with E-state index >= 15 is 0 Å². The Morgan fingerprint density at radius 1 is 1.05 bits per heavy atom. The molecule has 2 aromatic carbocycles. The summed E-state index contributed by atoms with van der Waals surface area (Å²) in [7, 11) is 0. The lowest BCUT2D eigenvalue weighted by molar-refractivity contribution is 0.386. The molecule has 20 heavy (non-hydrogen) atoms. The van der Waals surface area contributed by atoms with Crippen molar-refractivity contribution in [1.82, 2.24) is 10.1 Å². The first-order chi connectivity index (χ1) is 9.74. The fourth-order valence-corrected chi connectivity index (χ4v) is 2.14. The molecule has 0 saturated carbocycles. The zero-order chi connectivity index (χ0) is 13.9. The first-order valence-corrected chi connectivity index (χ1v) is 6.52. The SMILES string of the molecule is Nc1ccccc1-c1noc(Cc2ccccc2Cl)n1. The fraction of sp³-hybridized carbons (Fsp3) is 0.0667. The highest BCUT2D eigenvalue weighted by atomic mass is 35.5. The van der Waals surface area contributed by atoms with Gasteiger partial charge in [0.1, 0.15) is 0 Å². The molecule has 0 aliphatic rings. The molecule has 2 N–H and O–H groups in total. The largest absolute Gasteiger partial charge is 0.398 e. The van der Waals surface area contributed by atoms with Gasteiger partial charge in [0.25, 0.3) is 0 Å². The van der Waals surface area contributed by atoms with Gasteiger partial charge in [-0.2, -0.15) is 4.98 Å². The predicted molar refractivity (Wildman–Crippen MR) is 78.4 cm³/mol. The van der Waals surface area contributed by atoms with Crippen LogP contribution >= 0.6 is 11.6 Å². The van der Waals surface area contributed by atoms with Crippen LogP contribution < -0.4 is 5.73 Å². The van der Waals surface area contributed by atoms with Gasteiger partial charge in [-0.1, -0.05) is 47.1 Å². The lowest BCUT2D eigenvalue weighted by atomic mass is 10.1. The van der Waals surface area contributed by atoms with E-state index in [1.54, 1.807) is 6.07 Å². The zero-order valence-electron chi connectivity index (χ0n) is 10.6. The summed E-state index contributed by atoms with van der Waals surface area (Å²) in [4.78, 5) is 4.36. The van der Waals surface area contributed by atoms with Crippen LogP contribution in [0.2, 0.25) is 5.02 Å². The van der Waals surface area contributed by atoms with Crippen LogP contribution in [0.15, 0.2) is 53.1 Å². The third-order valence-corrected chi connectivity index (χ3v) is 3.34. The Kier molecular flexibility index (Phi) is 3.39. The maximum absolute atomic E-state index is 6.11. The Morgan fingerprint density at radius 2 is 1.80 bits per heavy atom. The predicted octanol–water partition coefficient (Wildman–Crippen LogP) is 3.56. The molecule has 1 heterocycles. The van der Waals surface area contributed by atoms with Crippen molar-refractivity contribution in [3.63, 3.8) is 0 Å². The minimum Gasteiger partial charge on any atom is -0.398 e. The summed E-state index contributed by atoms with van der Waals surface area (Å²) < 4.78 is 5.26. The van der Waals surface area contributed by atoms with E-state index in [9.17, 15) is 0 Å². The Balaban J connectivity index is 1.88. The molecule has 0 unspecified atom stereocenters. The number of para-hydroxylation sites is 1. The van der Waals surface area contributed by atoms with Gasteiger partial charge in [-0.25, -0.2) is 0 Å². The fourth-order valence-electron chi connectivity index (χ4n) is 1.94. The van der Waals surface area contributed by atoms with Crippen LogP contribution in [-0.2, 0) is 6.42 Å². The van der Waals surface area contributed by atoms with Gasteiger partial charge in [0.05, 0.1) is 6.42 Å². The average Bonchev–Trinajstić information content (AvgIpc) is 2.90. The second kappa shape index (κ2) is 5.35. The second-order valence-corrected chi connectivity index (χ2v) is 4.77. The molecule has 0 aliphatic heterocycles. The van der Waals surface area contributed by atoms with E-state index < -0.39 is 0 Å². The zero-order valence-corrected chi connectivity index (χ0v) is 11.3. The molecule has 5 heteroatoms. The van der Waals surface area contributed by atoms with Gasteiger partial charge in [0.15, 0.2) is 0 Å². The number of hydrogen-bond donors (Lipinski definition) is 1. The summed E-state index contributed by atoms with van der Waals surface area (Å²) in [5.41, 5.74) is 8.23. The van der Waals surface area contributed by atoms with Crippen molar-refractivity contribution in [2.24, 2.45) is 0 Å². The van der Waals surface area contributed by atoms with E-state index in [0.29, 0.717) is 28.8 Å². The molecule has 0 spiro atoms. The van der Waals surface area contributed by atoms with Crippen LogP contribution in [0, 0.1) is 0 Å². The van der Waals surface area contributed by atoms with Gasteiger partial charge >= 0.3 is 0 Å². The van der Waals surface area contributed by atoms with Crippen LogP contribution in [0.25, 0.3) is 11.4 Å². The van der Waals surface area contributed by atoms with Crippen LogP contribution in [0.1, 0.15) is 11.5 Å². The van der Waals surface area contributed by atoms with Crippen molar-refractivity contribution >= 4 is 17.3 Å². The van der Waals surface area contributed by atoms with Crippen molar-refractivity contribution in [3.05, 3.63) is 65.0 Å². The number of anilines is 1. The summed E-state index contributed by atoms with van der Waals surface area (Å²) in [6.07, 6.45) is 0.499. The summed E-state index contributed by atoms with van der Waals surface area (Å²) in [6.45, 7) is 0. The van der Waals surface area contributed by atoms with E-state index in [0.717, 1.165) is 11.1 Å². The molecule has 0 bridgehead atoms. The first kappa shape index (κ1) is 12.7. The van der Waals surface area contributed by atoms with Crippen LogP contribution in [-0.4, -0.2) is 10.1 Å². The molecule has 0 saturated heterocycles. The number of halogens is 1. The molecule has 100 valence electrons. The summed E-state index contributed by atoms with van der Waals surface area (Å²) in [6, 6.07) is 15.0. The number of rotatable bonds is 3. The molecule has 0 amide bonds. The summed E-state index contributed by atoms with van der Waals surface area (Å²) >= 11 is 6.11. The molecular formula is C15H12ClN3O. The monoisotopic (exact) mass is 285 g/mol. The Bertz CT molecular complexity index is 739. The van der Waals surface area contributed by atoms with E-state index in [1.165, 1.54) is 0 Å². The van der Waals surface area contributed by atoms with Crippen molar-refractivity contribution in [3.8, 4) is 11.4 Å². The topological polar surface area (TPSA) is 64.9 Å². The number of nitrogens with two attached hydrogens (primary N) is 1. The number of benzene rings is 2. The molecule has 0 atom stereocenters. The van der Waals surface area contributed by atoms with Gasteiger partial charge in [0, 0.05) is 16.3 Å². The van der Waals surface area contributed by atoms with Crippen LogP contribution in [0.5, 0.6) is 0 Å². The quantitative estimate of drug-likeness (QED) is 0.747. The lowest BCUT2D eigenvalue weighted by Gasteiger charge is -1.99. The molecule has 3 rings (SSSR count). The highest BCUT2D eigenvalue weighted by Gasteiger charge is 2.12. The molecule has 0 fully saturated rings. The van der Waals surface area contributed by atoms with Crippen molar-refractivity contribution in [1.29, 1.82) is 0 Å². The molecular weight excluding hydrogens is 274 g/mol. The lowest BCUT2D eigenvalue weighted by Crippen LogP contribution is -1.92. The minimum absolute atomic E-state index is 0.491. The smallest absolute Gasteiger partial charge is 0.231 e. The highest BCUT2D eigenvalue weighted by Crippen LogP contribution is 2.24. The van der Waals surface area contributed by atoms with Gasteiger partial charge < -0.3 is 10.3 Å². The highest BCUT2D eigenvalue weighted by molar-refractivity contribution is 6.31. The molecule has 0 radical (unpaired) electrons. The van der Waals surface area contributed by atoms with Gasteiger partial charge in [-0.15, -0.1) is 0 Å². The van der Waals surface area contributed by atoms with Gasteiger partial charge in [0.2, 0.25) is 11.7 Å². The van der Waals surface area contributed by atoms with E-state index in [-0.39, 0.29) is 0 Å². The Hall–Kier alpha value is -2.33. The Labute approximate surface area is 121 Å². The normalized spacial score (nSPS) is 10.7. The molecule has 0 aliphatic carbocycles. The average molecular weight is 286 g/mol.